The molecule has 0 amide bonds. The highest BCUT2D eigenvalue weighted by molar-refractivity contribution is 7.99. The van der Waals surface area contributed by atoms with Crippen molar-refractivity contribution in [3.63, 3.8) is 0 Å². The van der Waals surface area contributed by atoms with E-state index in [1.807, 2.05) is 6.07 Å². The van der Waals surface area contributed by atoms with E-state index in [1.165, 1.54) is 11.8 Å². The lowest BCUT2D eigenvalue weighted by atomic mass is 9.95. The number of aromatic nitrogens is 5. The minimum atomic E-state index is 0.118. The van der Waals surface area contributed by atoms with Gasteiger partial charge in [-0.1, -0.05) is 18.5 Å². The molecular formula is C24H26ClN7OS. The molecule has 1 aliphatic heterocycles. The van der Waals surface area contributed by atoms with Gasteiger partial charge in [-0.3, -0.25) is 0 Å². The summed E-state index contributed by atoms with van der Waals surface area (Å²) in [6.45, 7) is 3.62. The van der Waals surface area contributed by atoms with Crippen LogP contribution in [0, 0.1) is 5.21 Å². The summed E-state index contributed by atoms with van der Waals surface area (Å²) in [5, 5.41) is 15.2. The highest BCUT2D eigenvalue weighted by atomic mass is 35.5. The van der Waals surface area contributed by atoms with Gasteiger partial charge in [0.15, 0.2) is 10.9 Å². The first kappa shape index (κ1) is 21.9. The predicted molar refractivity (Wildman–Crippen MR) is 135 cm³/mol. The summed E-state index contributed by atoms with van der Waals surface area (Å²) in [6, 6.07) is 4.08. The maximum Gasteiger partial charge on any atom is 0.243 e. The standard InChI is InChI=1S/C24H26ClN7OS/c1-2-16-21(25)20-22(28-16)29-24(30-23(20)31-8-7-14(26)12-31)34-15-10-19-17(27-11-15)9-13-5-3-4-6-18(13)32(19)33/h9-11,14H,2-8,12,26H2,1H3,(H,28,29,30)/t14-/m1/s1. The van der Waals surface area contributed by atoms with Gasteiger partial charge < -0.3 is 20.8 Å². The van der Waals surface area contributed by atoms with Crippen molar-refractivity contribution in [1.82, 2.24) is 19.9 Å². The molecule has 2 aliphatic rings. The molecule has 176 valence electrons. The van der Waals surface area contributed by atoms with Gasteiger partial charge in [0, 0.05) is 54.0 Å². The highest BCUT2D eigenvalue weighted by Gasteiger charge is 2.27. The number of H-pyrrole nitrogens is 1. The van der Waals surface area contributed by atoms with Crippen LogP contribution in [0.15, 0.2) is 28.4 Å². The van der Waals surface area contributed by atoms with Crippen molar-refractivity contribution in [2.75, 3.05) is 18.0 Å². The van der Waals surface area contributed by atoms with Crippen LogP contribution in [0.1, 0.15) is 43.1 Å². The van der Waals surface area contributed by atoms with Crippen molar-refractivity contribution in [3.05, 3.63) is 45.5 Å². The van der Waals surface area contributed by atoms with Crippen LogP contribution in [-0.2, 0) is 19.3 Å². The molecule has 1 atom stereocenters. The van der Waals surface area contributed by atoms with E-state index >= 15 is 0 Å². The highest BCUT2D eigenvalue weighted by Crippen LogP contribution is 2.37. The third kappa shape index (κ3) is 3.66. The lowest BCUT2D eigenvalue weighted by molar-refractivity contribution is -0.587. The van der Waals surface area contributed by atoms with E-state index in [1.54, 1.807) is 6.20 Å². The van der Waals surface area contributed by atoms with E-state index in [2.05, 4.69) is 27.9 Å². The van der Waals surface area contributed by atoms with Crippen LogP contribution < -0.4 is 15.4 Å². The second-order valence-electron chi connectivity index (χ2n) is 9.11. The SMILES string of the molecule is CCc1[nH]c2nc(Sc3cnc4cc5c([n+]([O-])c4c3)CCCC5)nc(N3CC[C@@H](N)C3)c2c1Cl. The van der Waals surface area contributed by atoms with E-state index in [4.69, 9.17) is 27.3 Å². The molecule has 1 saturated heterocycles. The topological polar surface area (TPSA) is 111 Å². The Bertz CT molecular complexity index is 1420. The molecule has 34 heavy (non-hydrogen) atoms. The second kappa shape index (κ2) is 8.55. The fourth-order valence-corrected chi connectivity index (χ4v) is 6.17. The van der Waals surface area contributed by atoms with Gasteiger partial charge in [0.2, 0.25) is 5.52 Å². The third-order valence-electron chi connectivity index (χ3n) is 6.84. The van der Waals surface area contributed by atoms with Crippen molar-refractivity contribution < 1.29 is 4.73 Å². The zero-order chi connectivity index (χ0) is 23.4. The van der Waals surface area contributed by atoms with Crippen molar-refractivity contribution in [2.45, 2.75) is 61.5 Å². The quantitative estimate of drug-likeness (QED) is 0.251. The summed E-state index contributed by atoms with van der Waals surface area (Å²) in [5.41, 5.74) is 11.2. The van der Waals surface area contributed by atoms with Crippen molar-refractivity contribution >= 4 is 51.2 Å². The molecule has 3 N–H and O–H groups in total. The summed E-state index contributed by atoms with van der Waals surface area (Å²) < 4.78 is 1.07. The van der Waals surface area contributed by atoms with E-state index in [0.29, 0.717) is 15.7 Å². The van der Waals surface area contributed by atoms with Gasteiger partial charge in [0.1, 0.15) is 17.0 Å². The van der Waals surface area contributed by atoms with Gasteiger partial charge in [-0.25, -0.2) is 15.0 Å². The maximum absolute atomic E-state index is 13.1. The Morgan fingerprint density at radius 1 is 1.29 bits per heavy atom. The van der Waals surface area contributed by atoms with E-state index in [0.717, 1.165) is 101 Å². The van der Waals surface area contributed by atoms with Crippen LogP contribution in [-0.4, -0.2) is 39.1 Å². The normalized spacial score (nSPS) is 18.2. The van der Waals surface area contributed by atoms with Gasteiger partial charge in [0.25, 0.3) is 0 Å². The Hall–Kier alpha value is -2.62. The van der Waals surface area contributed by atoms with Gasteiger partial charge in [-0.2, -0.15) is 4.73 Å². The van der Waals surface area contributed by atoms with Crippen LogP contribution >= 0.6 is 23.4 Å². The van der Waals surface area contributed by atoms with Crippen molar-refractivity contribution in [2.24, 2.45) is 5.73 Å². The van der Waals surface area contributed by atoms with Crippen LogP contribution in [0.2, 0.25) is 5.02 Å². The number of rotatable bonds is 4. The molecule has 0 unspecified atom stereocenters. The molecule has 0 radical (unpaired) electrons. The zero-order valence-electron chi connectivity index (χ0n) is 19.0. The van der Waals surface area contributed by atoms with Crippen molar-refractivity contribution in [3.8, 4) is 0 Å². The minimum Gasteiger partial charge on any atom is -0.618 e. The zero-order valence-corrected chi connectivity index (χ0v) is 20.5. The molecule has 1 aliphatic carbocycles. The lowest BCUT2D eigenvalue weighted by Gasteiger charge is -2.18. The van der Waals surface area contributed by atoms with Crippen LogP contribution in [0.4, 0.5) is 5.82 Å². The Labute approximate surface area is 206 Å². The summed E-state index contributed by atoms with van der Waals surface area (Å²) >= 11 is 8.11. The number of anilines is 1. The van der Waals surface area contributed by atoms with E-state index < -0.39 is 0 Å². The van der Waals surface area contributed by atoms with Crippen LogP contribution in [0.25, 0.3) is 22.1 Å². The predicted octanol–water partition coefficient (Wildman–Crippen LogP) is 3.92. The molecule has 8 nitrogen and oxygen atoms in total. The minimum absolute atomic E-state index is 0.118. The Morgan fingerprint density at radius 3 is 2.94 bits per heavy atom. The molecule has 0 aromatic carbocycles. The average molecular weight is 496 g/mol. The number of aryl methyl sites for hydroxylation is 2. The molecule has 4 aromatic rings. The third-order valence-corrected chi connectivity index (χ3v) is 8.08. The van der Waals surface area contributed by atoms with E-state index in [9.17, 15) is 5.21 Å². The maximum atomic E-state index is 13.1. The fourth-order valence-electron chi connectivity index (χ4n) is 5.06. The van der Waals surface area contributed by atoms with Gasteiger partial charge in [-0.05, 0) is 49.9 Å². The molecule has 6 rings (SSSR count). The molecule has 1 fully saturated rings. The number of fused-ring (bicyclic) bond motifs is 3. The number of halogens is 1. The first-order valence-corrected chi connectivity index (χ1v) is 13.0. The summed E-state index contributed by atoms with van der Waals surface area (Å²) in [5.74, 6) is 0.808. The van der Waals surface area contributed by atoms with Gasteiger partial charge in [0.05, 0.1) is 10.4 Å². The largest absolute Gasteiger partial charge is 0.618 e. The van der Waals surface area contributed by atoms with Crippen LogP contribution in [0.5, 0.6) is 0 Å². The second-order valence-corrected chi connectivity index (χ2v) is 10.5. The summed E-state index contributed by atoms with van der Waals surface area (Å²) in [4.78, 5) is 20.6. The first-order chi connectivity index (χ1) is 16.5. The molecular weight excluding hydrogens is 470 g/mol. The smallest absolute Gasteiger partial charge is 0.243 e. The molecule has 4 aromatic heterocycles. The molecule has 5 heterocycles. The number of pyridine rings is 2. The first-order valence-electron chi connectivity index (χ1n) is 11.8. The molecule has 0 saturated carbocycles. The monoisotopic (exact) mass is 495 g/mol. The number of nitrogens with zero attached hydrogens (tertiary/aromatic N) is 5. The summed E-state index contributed by atoms with van der Waals surface area (Å²) in [7, 11) is 0. The average Bonchev–Trinajstić information content (AvgIpc) is 3.42. The number of nitrogens with one attached hydrogen (secondary N) is 1. The number of aromatic amines is 1. The van der Waals surface area contributed by atoms with Crippen LogP contribution in [0.3, 0.4) is 0 Å². The summed E-state index contributed by atoms with van der Waals surface area (Å²) in [6.07, 6.45) is 7.43. The van der Waals surface area contributed by atoms with Gasteiger partial charge >= 0.3 is 0 Å². The van der Waals surface area contributed by atoms with E-state index in [-0.39, 0.29) is 6.04 Å². The Kier molecular flexibility index (Phi) is 5.50. The lowest BCUT2D eigenvalue weighted by Crippen LogP contribution is -2.35. The van der Waals surface area contributed by atoms with Crippen molar-refractivity contribution in [1.29, 1.82) is 0 Å². The van der Waals surface area contributed by atoms with Gasteiger partial charge in [-0.15, -0.1) is 0 Å². The fraction of sp³-hybridized carbons (Fsp3) is 0.417. The molecule has 0 spiro atoms. The Morgan fingerprint density at radius 2 is 2.15 bits per heavy atom. The Balaban J connectivity index is 1.42. The molecule has 0 bridgehead atoms. The molecule has 10 heteroatoms. The number of hydrogen-bond donors (Lipinski definition) is 2. The number of nitrogens with two attached hydrogens (primary N) is 1. The number of hydrogen-bond acceptors (Lipinski definition) is 7.